The van der Waals surface area contributed by atoms with Crippen LogP contribution in [0.4, 0.5) is 5.69 Å². The molecule has 0 radical (unpaired) electrons. The molecule has 0 aliphatic heterocycles. The largest absolute Gasteiger partial charge is 0.507 e. The number of fused-ring (bicyclic) bond motifs is 1. The van der Waals surface area contributed by atoms with Crippen LogP contribution >= 0.6 is 11.3 Å². The average molecular weight is 439 g/mol. The monoisotopic (exact) mass is 438 g/mol. The third kappa shape index (κ3) is 4.04. The Labute approximate surface area is 188 Å². The number of rotatable bonds is 5. The number of nitrogens with zero attached hydrogens (tertiary/aromatic N) is 1. The number of hydrogen-bond donors (Lipinski definition) is 2. The molecule has 0 aliphatic carbocycles. The molecule has 0 aliphatic rings. The van der Waals surface area contributed by atoms with Crippen LogP contribution in [0, 0.1) is 0 Å². The molecule has 1 heterocycles. The minimum atomic E-state index is -0.308. The fraction of sp³-hybridized carbons (Fsp3) is 0. The molecule has 5 aromatic rings. The fourth-order valence-electron chi connectivity index (χ4n) is 3.33. The highest BCUT2D eigenvalue weighted by molar-refractivity contribution is 7.21. The second kappa shape index (κ2) is 8.53. The van der Waals surface area contributed by atoms with Crippen molar-refractivity contribution >= 4 is 33.1 Å². The standard InChI is InChI=1S/C26H18N2O3S/c29-22-15-14-17(16-20(22)26-28-21-11-5-7-13-24(21)32-26)27-25(30)19-10-4-6-12-23(19)31-18-8-2-1-3-9-18/h1-16,29H,(H,27,30). The van der Waals surface area contributed by atoms with Gasteiger partial charge in [0, 0.05) is 5.69 Å². The van der Waals surface area contributed by atoms with Crippen molar-refractivity contribution < 1.29 is 14.6 Å². The molecular weight excluding hydrogens is 420 g/mol. The number of thiazole rings is 1. The normalized spacial score (nSPS) is 10.8. The molecule has 2 N–H and O–H groups in total. The Bertz CT molecular complexity index is 1380. The summed E-state index contributed by atoms with van der Waals surface area (Å²) in [5.41, 5.74) is 2.40. The summed E-state index contributed by atoms with van der Waals surface area (Å²) in [5.74, 6) is 0.907. The van der Waals surface area contributed by atoms with Gasteiger partial charge in [-0.2, -0.15) is 0 Å². The number of ether oxygens (including phenoxy) is 1. The molecule has 0 saturated carbocycles. The Morgan fingerprint density at radius 3 is 2.47 bits per heavy atom. The van der Waals surface area contributed by atoms with Crippen LogP contribution < -0.4 is 10.1 Å². The lowest BCUT2D eigenvalue weighted by atomic mass is 10.1. The summed E-state index contributed by atoms with van der Waals surface area (Å²) in [4.78, 5) is 17.6. The van der Waals surface area contributed by atoms with Gasteiger partial charge in [-0.3, -0.25) is 4.79 Å². The number of aromatic hydroxyl groups is 1. The summed E-state index contributed by atoms with van der Waals surface area (Å²) < 4.78 is 6.94. The predicted molar refractivity (Wildman–Crippen MR) is 128 cm³/mol. The van der Waals surface area contributed by atoms with Crippen molar-refractivity contribution in [3.05, 3.63) is 103 Å². The number of aromatic nitrogens is 1. The Morgan fingerprint density at radius 1 is 0.875 bits per heavy atom. The Hall–Kier alpha value is -4.16. The zero-order valence-corrected chi connectivity index (χ0v) is 17.7. The minimum Gasteiger partial charge on any atom is -0.507 e. The van der Waals surface area contributed by atoms with E-state index in [0.717, 1.165) is 10.2 Å². The third-order valence-corrected chi connectivity index (χ3v) is 5.95. The number of phenols is 1. The second-order valence-corrected chi connectivity index (χ2v) is 8.11. The molecule has 0 bridgehead atoms. The van der Waals surface area contributed by atoms with E-state index >= 15 is 0 Å². The lowest BCUT2D eigenvalue weighted by Gasteiger charge is -2.12. The van der Waals surface area contributed by atoms with Gasteiger partial charge >= 0.3 is 0 Å². The minimum absolute atomic E-state index is 0.106. The van der Waals surface area contributed by atoms with E-state index in [4.69, 9.17) is 4.74 Å². The lowest BCUT2D eigenvalue weighted by Crippen LogP contribution is -2.13. The quantitative estimate of drug-likeness (QED) is 0.299. The summed E-state index contributed by atoms with van der Waals surface area (Å²) in [6.45, 7) is 0. The summed E-state index contributed by atoms with van der Waals surface area (Å²) in [7, 11) is 0. The number of hydrogen-bond acceptors (Lipinski definition) is 5. The number of amides is 1. The van der Waals surface area contributed by atoms with Gasteiger partial charge in [-0.15, -0.1) is 11.3 Å². The van der Waals surface area contributed by atoms with Crippen molar-refractivity contribution in [2.45, 2.75) is 0 Å². The van der Waals surface area contributed by atoms with E-state index in [-0.39, 0.29) is 11.7 Å². The van der Waals surface area contributed by atoms with E-state index in [1.807, 2.05) is 60.7 Å². The number of nitrogens with one attached hydrogen (secondary N) is 1. The zero-order chi connectivity index (χ0) is 21.9. The molecule has 4 aromatic carbocycles. The van der Waals surface area contributed by atoms with Crippen molar-refractivity contribution in [1.29, 1.82) is 0 Å². The Balaban J connectivity index is 1.43. The van der Waals surface area contributed by atoms with Crippen LogP contribution in [0.3, 0.4) is 0 Å². The Morgan fingerprint density at radius 2 is 1.62 bits per heavy atom. The molecule has 0 unspecified atom stereocenters. The van der Waals surface area contributed by atoms with Crippen molar-refractivity contribution in [2.24, 2.45) is 0 Å². The number of para-hydroxylation sites is 3. The average Bonchev–Trinajstić information content (AvgIpc) is 3.25. The summed E-state index contributed by atoms with van der Waals surface area (Å²) in [6, 6.07) is 29.1. The summed E-state index contributed by atoms with van der Waals surface area (Å²) in [6.07, 6.45) is 0. The van der Waals surface area contributed by atoms with Crippen LogP contribution in [0.5, 0.6) is 17.2 Å². The Kier molecular flexibility index (Phi) is 5.27. The molecule has 6 heteroatoms. The van der Waals surface area contributed by atoms with Crippen molar-refractivity contribution in [3.8, 4) is 27.8 Å². The van der Waals surface area contributed by atoms with Gasteiger partial charge in [-0.1, -0.05) is 42.5 Å². The molecule has 0 atom stereocenters. The zero-order valence-electron chi connectivity index (χ0n) is 16.9. The molecule has 5 nitrogen and oxygen atoms in total. The molecule has 5 rings (SSSR count). The molecule has 156 valence electrons. The number of carbonyl (C=O) groups excluding carboxylic acids is 1. The van der Waals surface area contributed by atoms with E-state index in [0.29, 0.717) is 33.3 Å². The van der Waals surface area contributed by atoms with Gasteiger partial charge in [0.15, 0.2) is 0 Å². The van der Waals surface area contributed by atoms with Crippen molar-refractivity contribution in [2.75, 3.05) is 5.32 Å². The number of anilines is 1. The SMILES string of the molecule is O=C(Nc1ccc(O)c(-c2nc3ccccc3s2)c1)c1ccccc1Oc1ccccc1. The maximum absolute atomic E-state index is 13.0. The molecule has 32 heavy (non-hydrogen) atoms. The van der Waals surface area contributed by atoms with Crippen LogP contribution in [0.2, 0.25) is 0 Å². The van der Waals surface area contributed by atoms with Gasteiger partial charge in [-0.05, 0) is 54.6 Å². The lowest BCUT2D eigenvalue weighted by molar-refractivity contribution is 0.102. The first-order valence-corrected chi connectivity index (χ1v) is 10.8. The van der Waals surface area contributed by atoms with Gasteiger partial charge in [0.1, 0.15) is 22.3 Å². The molecule has 0 fully saturated rings. The van der Waals surface area contributed by atoms with E-state index in [1.165, 1.54) is 11.3 Å². The van der Waals surface area contributed by atoms with Crippen LogP contribution in [0.1, 0.15) is 10.4 Å². The van der Waals surface area contributed by atoms with Crippen molar-refractivity contribution in [3.63, 3.8) is 0 Å². The number of benzene rings is 4. The van der Waals surface area contributed by atoms with Crippen molar-refractivity contribution in [1.82, 2.24) is 4.98 Å². The molecule has 1 amide bonds. The molecule has 0 spiro atoms. The highest BCUT2D eigenvalue weighted by atomic mass is 32.1. The maximum Gasteiger partial charge on any atom is 0.259 e. The first-order valence-electron chi connectivity index (χ1n) is 9.99. The number of phenolic OH excluding ortho intramolecular Hbond substituents is 1. The highest BCUT2D eigenvalue weighted by Gasteiger charge is 2.16. The first kappa shape index (κ1) is 19.8. The van der Waals surface area contributed by atoms with Gasteiger partial charge in [0.25, 0.3) is 5.91 Å². The van der Waals surface area contributed by atoms with Gasteiger partial charge < -0.3 is 15.2 Å². The van der Waals surface area contributed by atoms with E-state index in [2.05, 4.69) is 10.3 Å². The van der Waals surface area contributed by atoms with Crippen LogP contribution in [-0.4, -0.2) is 16.0 Å². The summed E-state index contributed by atoms with van der Waals surface area (Å²) >= 11 is 1.49. The van der Waals surface area contributed by atoms with Gasteiger partial charge in [0.2, 0.25) is 0 Å². The van der Waals surface area contributed by atoms with Crippen LogP contribution in [-0.2, 0) is 0 Å². The van der Waals surface area contributed by atoms with Gasteiger partial charge in [-0.25, -0.2) is 4.98 Å². The van der Waals surface area contributed by atoms with E-state index < -0.39 is 0 Å². The predicted octanol–water partition coefficient (Wildman–Crippen LogP) is 6.71. The molecular formula is C26H18N2O3S. The fourth-order valence-corrected chi connectivity index (χ4v) is 4.32. The smallest absolute Gasteiger partial charge is 0.259 e. The molecule has 1 aromatic heterocycles. The third-order valence-electron chi connectivity index (χ3n) is 4.88. The summed E-state index contributed by atoms with van der Waals surface area (Å²) in [5, 5.41) is 14.0. The van der Waals surface area contributed by atoms with Gasteiger partial charge in [0.05, 0.1) is 21.3 Å². The molecule has 0 saturated heterocycles. The van der Waals surface area contributed by atoms with Crippen LogP contribution in [0.15, 0.2) is 97.1 Å². The second-order valence-electron chi connectivity index (χ2n) is 7.08. The van der Waals surface area contributed by atoms with E-state index in [9.17, 15) is 9.90 Å². The highest BCUT2D eigenvalue weighted by Crippen LogP contribution is 2.37. The van der Waals surface area contributed by atoms with Crippen LogP contribution in [0.25, 0.3) is 20.8 Å². The first-order chi connectivity index (χ1) is 15.7. The topological polar surface area (TPSA) is 71.5 Å². The number of carbonyl (C=O) groups is 1. The van der Waals surface area contributed by atoms with E-state index in [1.54, 1.807) is 36.4 Å². The maximum atomic E-state index is 13.0.